The highest BCUT2D eigenvalue weighted by Gasteiger charge is 2.24. The summed E-state index contributed by atoms with van der Waals surface area (Å²) in [5.74, 6) is 2.26. The molecule has 0 saturated heterocycles. The summed E-state index contributed by atoms with van der Waals surface area (Å²) in [7, 11) is 1.66. The van der Waals surface area contributed by atoms with Crippen LogP contribution in [0.2, 0.25) is 0 Å². The zero-order valence-electron chi connectivity index (χ0n) is 10.4. The van der Waals surface area contributed by atoms with E-state index in [1.165, 1.54) is 25.7 Å². The number of nitrogens with zero attached hydrogens (tertiary/aromatic N) is 1. The second-order valence-corrected chi connectivity index (χ2v) is 4.59. The molecule has 94 valence electrons. The number of methoxy groups -OCH3 is 1. The Morgan fingerprint density at radius 3 is 2.94 bits per heavy atom. The van der Waals surface area contributed by atoms with Crippen molar-refractivity contribution in [2.45, 2.75) is 31.7 Å². The molecular weight excluding hydrogens is 214 g/mol. The lowest BCUT2D eigenvalue weighted by molar-refractivity contribution is 0.410. The van der Waals surface area contributed by atoms with Gasteiger partial charge in [-0.3, -0.25) is 0 Å². The van der Waals surface area contributed by atoms with E-state index in [9.17, 15) is 0 Å². The normalized spacial score (nSPS) is 18.0. The van der Waals surface area contributed by atoms with Gasteiger partial charge >= 0.3 is 0 Å². The van der Waals surface area contributed by atoms with E-state index < -0.39 is 0 Å². The Morgan fingerprint density at radius 1 is 1.53 bits per heavy atom. The first-order chi connectivity index (χ1) is 8.35. The van der Waals surface area contributed by atoms with Gasteiger partial charge in [0.05, 0.1) is 7.11 Å². The Morgan fingerprint density at radius 2 is 2.29 bits per heavy atom. The van der Waals surface area contributed by atoms with Crippen molar-refractivity contribution in [1.29, 1.82) is 0 Å². The van der Waals surface area contributed by atoms with Crippen molar-refractivity contribution in [2.24, 2.45) is 11.7 Å². The Bertz CT molecular complexity index is 350. The van der Waals surface area contributed by atoms with Crippen LogP contribution in [0.1, 0.15) is 25.7 Å². The third-order valence-corrected chi connectivity index (χ3v) is 3.54. The summed E-state index contributed by atoms with van der Waals surface area (Å²) >= 11 is 0. The molecule has 17 heavy (non-hydrogen) atoms. The van der Waals surface area contributed by atoms with Crippen LogP contribution in [0.25, 0.3) is 0 Å². The number of nitrogens with two attached hydrogens (primary N) is 1. The van der Waals surface area contributed by atoms with Gasteiger partial charge in [0.1, 0.15) is 0 Å². The number of anilines is 1. The fourth-order valence-corrected chi connectivity index (χ4v) is 2.57. The second kappa shape index (κ2) is 5.87. The lowest BCUT2D eigenvalue weighted by Gasteiger charge is -2.24. The number of nitrogens with one attached hydrogen (secondary N) is 1. The number of pyridine rings is 1. The standard InChI is InChI=1S/C13H21N3O/c1-17-12-7-4-8-15-13(12)16-11(9-14)10-5-2-3-6-10/h4,7-8,10-11H,2-3,5-6,9,14H2,1H3,(H,15,16). The van der Waals surface area contributed by atoms with E-state index in [1.54, 1.807) is 13.3 Å². The van der Waals surface area contributed by atoms with Gasteiger partial charge in [-0.2, -0.15) is 0 Å². The predicted octanol–water partition coefficient (Wildman–Crippen LogP) is 2.02. The maximum Gasteiger partial charge on any atom is 0.169 e. The molecule has 1 aromatic rings. The fourth-order valence-electron chi connectivity index (χ4n) is 2.57. The number of ether oxygens (including phenoxy) is 1. The summed E-state index contributed by atoms with van der Waals surface area (Å²) in [6.45, 7) is 0.643. The molecule has 0 bridgehead atoms. The number of hydrogen-bond acceptors (Lipinski definition) is 4. The van der Waals surface area contributed by atoms with Gasteiger partial charge in [-0.05, 0) is 30.9 Å². The minimum absolute atomic E-state index is 0.307. The zero-order valence-corrected chi connectivity index (χ0v) is 10.4. The molecule has 0 amide bonds. The maximum atomic E-state index is 5.86. The smallest absolute Gasteiger partial charge is 0.169 e. The average Bonchev–Trinajstić information content (AvgIpc) is 2.90. The van der Waals surface area contributed by atoms with Crippen molar-refractivity contribution in [3.63, 3.8) is 0 Å². The van der Waals surface area contributed by atoms with Crippen molar-refractivity contribution >= 4 is 5.82 Å². The summed E-state index contributed by atoms with van der Waals surface area (Å²) in [4.78, 5) is 4.32. The number of rotatable bonds is 5. The lowest BCUT2D eigenvalue weighted by atomic mass is 9.98. The molecule has 4 heteroatoms. The molecule has 1 fully saturated rings. The minimum Gasteiger partial charge on any atom is -0.493 e. The SMILES string of the molecule is COc1cccnc1NC(CN)C1CCCC1. The molecule has 3 N–H and O–H groups in total. The minimum atomic E-state index is 0.307. The molecular formula is C13H21N3O. The molecule has 0 aromatic carbocycles. The van der Waals surface area contributed by atoms with Gasteiger partial charge in [-0.1, -0.05) is 12.8 Å². The van der Waals surface area contributed by atoms with E-state index >= 15 is 0 Å². The van der Waals surface area contributed by atoms with Crippen LogP contribution in [0, 0.1) is 5.92 Å². The summed E-state index contributed by atoms with van der Waals surface area (Å²) < 4.78 is 5.29. The molecule has 0 radical (unpaired) electrons. The molecule has 2 rings (SSSR count). The van der Waals surface area contributed by atoms with Crippen molar-refractivity contribution in [2.75, 3.05) is 19.0 Å². The highest BCUT2D eigenvalue weighted by molar-refractivity contribution is 5.50. The van der Waals surface area contributed by atoms with Gasteiger partial charge in [0, 0.05) is 18.8 Å². The third-order valence-electron chi connectivity index (χ3n) is 3.54. The van der Waals surface area contributed by atoms with E-state index in [0.717, 1.165) is 11.6 Å². The van der Waals surface area contributed by atoms with Gasteiger partial charge in [0.15, 0.2) is 11.6 Å². The van der Waals surface area contributed by atoms with E-state index in [0.29, 0.717) is 18.5 Å². The Kier molecular flexibility index (Phi) is 4.20. The zero-order chi connectivity index (χ0) is 12.1. The Labute approximate surface area is 103 Å². The first-order valence-corrected chi connectivity index (χ1v) is 6.30. The van der Waals surface area contributed by atoms with E-state index in [-0.39, 0.29) is 0 Å². The van der Waals surface area contributed by atoms with Crippen LogP contribution in [0.3, 0.4) is 0 Å². The predicted molar refractivity (Wildman–Crippen MR) is 69.2 cm³/mol. The number of aromatic nitrogens is 1. The van der Waals surface area contributed by atoms with E-state index in [4.69, 9.17) is 10.5 Å². The molecule has 1 heterocycles. The Balaban J connectivity index is 2.06. The quantitative estimate of drug-likeness (QED) is 0.819. The fraction of sp³-hybridized carbons (Fsp3) is 0.615. The highest BCUT2D eigenvalue weighted by Crippen LogP contribution is 2.30. The van der Waals surface area contributed by atoms with Gasteiger partial charge < -0.3 is 15.8 Å². The van der Waals surface area contributed by atoms with Crippen LogP contribution in [0.5, 0.6) is 5.75 Å². The topological polar surface area (TPSA) is 60.2 Å². The summed E-state index contributed by atoms with van der Waals surface area (Å²) in [6.07, 6.45) is 6.95. The van der Waals surface area contributed by atoms with Gasteiger partial charge in [-0.15, -0.1) is 0 Å². The molecule has 1 aromatic heterocycles. The summed E-state index contributed by atoms with van der Waals surface area (Å²) in [6, 6.07) is 4.09. The first kappa shape index (κ1) is 12.2. The van der Waals surface area contributed by atoms with E-state index in [1.807, 2.05) is 12.1 Å². The first-order valence-electron chi connectivity index (χ1n) is 6.30. The summed E-state index contributed by atoms with van der Waals surface area (Å²) in [5, 5.41) is 3.43. The van der Waals surface area contributed by atoms with Crippen LogP contribution in [-0.4, -0.2) is 24.7 Å². The van der Waals surface area contributed by atoms with Crippen molar-refractivity contribution in [3.8, 4) is 5.75 Å². The van der Waals surface area contributed by atoms with Crippen LogP contribution >= 0.6 is 0 Å². The molecule has 1 atom stereocenters. The average molecular weight is 235 g/mol. The molecule has 1 aliphatic rings. The lowest BCUT2D eigenvalue weighted by Crippen LogP contribution is -2.35. The maximum absolute atomic E-state index is 5.86. The summed E-state index contributed by atoms with van der Waals surface area (Å²) in [5.41, 5.74) is 5.86. The van der Waals surface area contributed by atoms with Crippen LogP contribution in [0.15, 0.2) is 18.3 Å². The molecule has 1 aliphatic carbocycles. The van der Waals surface area contributed by atoms with Gasteiger partial charge in [0.25, 0.3) is 0 Å². The third kappa shape index (κ3) is 2.88. The largest absolute Gasteiger partial charge is 0.493 e. The van der Waals surface area contributed by atoms with Crippen LogP contribution in [0.4, 0.5) is 5.82 Å². The van der Waals surface area contributed by atoms with Gasteiger partial charge in [-0.25, -0.2) is 4.98 Å². The Hall–Kier alpha value is -1.29. The molecule has 0 aliphatic heterocycles. The highest BCUT2D eigenvalue weighted by atomic mass is 16.5. The van der Waals surface area contributed by atoms with E-state index in [2.05, 4.69) is 10.3 Å². The molecule has 1 saturated carbocycles. The van der Waals surface area contributed by atoms with Crippen LogP contribution < -0.4 is 15.8 Å². The van der Waals surface area contributed by atoms with Gasteiger partial charge in [0.2, 0.25) is 0 Å². The second-order valence-electron chi connectivity index (χ2n) is 4.59. The number of hydrogen-bond donors (Lipinski definition) is 2. The van der Waals surface area contributed by atoms with Crippen molar-refractivity contribution in [3.05, 3.63) is 18.3 Å². The molecule has 4 nitrogen and oxygen atoms in total. The van der Waals surface area contributed by atoms with Crippen molar-refractivity contribution in [1.82, 2.24) is 4.98 Å². The molecule has 1 unspecified atom stereocenters. The van der Waals surface area contributed by atoms with Crippen molar-refractivity contribution < 1.29 is 4.74 Å². The monoisotopic (exact) mass is 235 g/mol. The molecule has 0 spiro atoms. The van der Waals surface area contributed by atoms with Crippen LogP contribution in [-0.2, 0) is 0 Å².